The lowest BCUT2D eigenvalue weighted by Crippen LogP contribution is -2.07. The molecule has 0 amide bonds. The quantitative estimate of drug-likeness (QED) is 0.636. The van der Waals surface area contributed by atoms with Crippen LogP contribution in [0.4, 0.5) is 0 Å². The Morgan fingerprint density at radius 2 is 2.11 bits per heavy atom. The van der Waals surface area contributed by atoms with Crippen LogP contribution in [0, 0.1) is 11.3 Å². The summed E-state index contributed by atoms with van der Waals surface area (Å²) in [5.41, 5.74) is 1.34. The normalized spacial score (nSPS) is 9.68. The summed E-state index contributed by atoms with van der Waals surface area (Å²) in [5.74, 6) is -0.564. The summed E-state index contributed by atoms with van der Waals surface area (Å²) < 4.78 is 5.12. The lowest BCUT2D eigenvalue weighted by atomic mass is 10.1. The molecule has 2 aromatic rings. The van der Waals surface area contributed by atoms with E-state index in [1.54, 1.807) is 30.3 Å². The number of esters is 1. The van der Waals surface area contributed by atoms with Crippen LogP contribution in [0.5, 0.6) is 0 Å². The van der Waals surface area contributed by atoms with Crippen molar-refractivity contribution in [2.45, 2.75) is 6.61 Å². The molecule has 0 aliphatic rings. The van der Waals surface area contributed by atoms with Crippen LogP contribution in [0.2, 0.25) is 5.15 Å². The average Bonchev–Trinajstić information content (AvgIpc) is 2.45. The van der Waals surface area contributed by atoms with Gasteiger partial charge in [-0.1, -0.05) is 29.8 Å². The zero-order chi connectivity index (χ0) is 13.7. The van der Waals surface area contributed by atoms with Crippen molar-refractivity contribution in [2.24, 2.45) is 0 Å². The van der Waals surface area contributed by atoms with Crippen LogP contribution in [0.15, 0.2) is 42.6 Å². The molecule has 0 N–H and O–H groups in total. The van der Waals surface area contributed by atoms with Gasteiger partial charge in [-0.2, -0.15) is 5.26 Å². The molecule has 5 heteroatoms. The van der Waals surface area contributed by atoms with E-state index in [1.165, 1.54) is 12.3 Å². The number of rotatable bonds is 3. The van der Waals surface area contributed by atoms with E-state index in [9.17, 15) is 4.79 Å². The number of carbonyl (C=O) groups excluding carboxylic acids is 1. The smallest absolute Gasteiger partial charge is 0.341 e. The van der Waals surface area contributed by atoms with Crippen molar-refractivity contribution in [3.63, 3.8) is 0 Å². The van der Waals surface area contributed by atoms with E-state index in [1.807, 2.05) is 6.07 Å². The van der Waals surface area contributed by atoms with Gasteiger partial charge in [-0.15, -0.1) is 0 Å². The molecule has 0 saturated carbocycles. The Kier molecular flexibility index (Phi) is 4.11. The fraction of sp³-hybridized carbons (Fsp3) is 0.0714. The molecule has 1 aromatic heterocycles. The molecular formula is C14H9ClN2O2. The molecule has 2 rings (SSSR count). The topological polar surface area (TPSA) is 63.0 Å². The van der Waals surface area contributed by atoms with Gasteiger partial charge >= 0.3 is 5.97 Å². The van der Waals surface area contributed by atoms with Crippen molar-refractivity contribution in [3.8, 4) is 6.07 Å². The highest BCUT2D eigenvalue weighted by molar-refractivity contribution is 6.32. The second-order valence-corrected chi connectivity index (χ2v) is 4.04. The number of aromatic nitrogens is 1. The Balaban J connectivity index is 2.10. The van der Waals surface area contributed by atoms with Crippen molar-refractivity contribution in [2.75, 3.05) is 0 Å². The minimum absolute atomic E-state index is 0.0216. The van der Waals surface area contributed by atoms with E-state index in [-0.39, 0.29) is 17.3 Å². The molecule has 0 spiro atoms. The summed E-state index contributed by atoms with van der Waals surface area (Å²) in [6, 6.07) is 12.1. The minimum atomic E-state index is -0.564. The van der Waals surface area contributed by atoms with E-state index >= 15 is 0 Å². The van der Waals surface area contributed by atoms with Crippen LogP contribution in [0.1, 0.15) is 21.5 Å². The molecule has 19 heavy (non-hydrogen) atoms. The van der Waals surface area contributed by atoms with E-state index in [0.717, 1.165) is 0 Å². The van der Waals surface area contributed by atoms with Gasteiger partial charge in [-0.3, -0.25) is 0 Å². The Hall–Kier alpha value is -2.38. The Labute approximate surface area is 115 Å². The van der Waals surface area contributed by atoms with Crippen LogP contribution < -0.4 is 0 Å². The van der Waals surface area contributed by atoms with Crippen molar-refractivity contribution < 1.29 is 9.53 Å². The van der Waals surface area contributed by atoms with Gasteiger partial charge in [0.1, 0.15) is 11.8 Å². The molecule has 0 atom stereocenters. The molecule has 0 aliphatic carbocycles. The highest BCUT2D eigenvalue weighted by Crippen LogP contribution is 2.15. The fourth-order valence-electron chi connectivity index (χ4n) is 1.51. The third-order valence-corrected chi connectivity index (χ3v) is 2.78. The first-order valence-corrected chi connectivity index (χ1v) is 5.86. The molecule has 94 valence electrons. The van der Waals surface area contributed by atoms with Crippen molar-refractivity contribution in [3.05, 3.63) is 64.4 Å². The standard InChI is InChI=1S/C14H9ClN2O2/c15-13-12(6-3-7-17-13)14(18)19-9-11-5-2-1-4-10(11)8-16/h1-7H,9H2. The molecule has 1 aromatic carbocycles. The van der Waals surface area contributed by atoms with E-state index < -0.39 is 5.97 Å². The van der Waals surface area contributed by atoms with Gasteiger partial charge in [0.05, 0.1) is 17.2 Å². The first kappa shape index (κ1) is 13.1. The summed E-state index contributed by atoms with van der Waals surface area (Å²) in [7, 11) is 0. The molecule has 0 fully saturated rings. The molecule has 0 saturated heterocycles. The third kappa shape index (κ3) is 3.09. The summed E-state index contributed by atoms with van der Waals surface area (Å²) in [6.45, 7) is 0.0216. The monoisotopic (exact) mass is 272 g/mol. The van der Waals surface area contributed by atoms with E-state index in [0.29, 0.717) is 11.1 Å². The largest absolute Gasteiger partial charge is 0.457 e. The van der Waals surface area contributed by atoms with Gasteiger partial charge in [0.15, 0.2) is 0 Å². The lowest BCUT2D eigenvalue weighted by molar-refractivity contribution is 0.0472. The number of hydrogen-bond acceptors (Lipinski definition) is 4. The summed E-state index contributed by atoms with van der Waals surface area (Å²) in [5, 5.41) is 9.02. The number of nitrogens with zero attached hydrogens (tertiary/aromatic N) is 2. The van der Waals surface area contributed by atoms with Crippen molar-refractivity contribution in [1.29, 1.82) is 5.26 Å². The maximum absolute atomic E-state index is 11.8. The Bertz CT molecular complexity index is 650. The van der Waals surface area contributed by atoms with Crippen LogP contribution in [0.3, 0.4) is 0 Å². The summed E-state index contributed by atoms with van der Waals surface area (Å²) in [4.78, 5) is 15.6. The van der Waals surface area contributed by atoms with Gasteiger partial charge in [0, 0.05) is 11.8 Å². The van der Waals surface area contributed by atoms with Crippen molar-refractivity contribution in [1.82, 2.24) is 4.98 Å². The van der Waals surface area contributed by atoms with E-state index in [2.05, 4.69) is 4.98 Å². The van der Waals surface area contributed by atoms with Crippen LogP contribution in [-0.2, 0) is 11.3 Å². The lowest BCUT2D eigenvalue weighted by Gasteiger charge is -2.06. The zero-order valence-electron chi connectivity index (χ0n) is 9.84. The maximum atomic E-state index is 11.8. The molecule has 0 bridgehead atoms. The van der Waals surface area contributed by atoms with E-state index in [4.69, 9.17) is 21.6 Å². The average molecular weight is 273 g/mol. The SMILES string of the molecule is N#Cc1ccccc1COC(=O)c1cccnc1Cl. The summed E-state index contributed by atoms with van der Waals surface area (Å²) >= 11 is 5.80. The number of benzene rings is 1. The molecule has 4 nitrogen and oxygen atoms in total. The van der Waals surface area contributed by atoms with Gasteiger partial charge in [0.2, 0.25) is 0 Å². The summed E-state index contributed by atoms with van der Waals surface area (Å²) in [6.07, 6.45) is 1.49. The van der Waals surface area contributed by atoms with Crippen molar-refractivity contribution >= 4 is 17.6 Å². The second kappa shape index (κ2) is 5.98. The van der Waals surface area contributed by atoms with Crippen LogP contribution in [-0.4, -0.2) is 11.0 Å². The number of ether oxygens (including phenoxy) is 1. The molecule has 0 aliphatic heterocycles. The number of halogens is 1. The predicted octanol–water partition coefficient (Wildman–Crippen LogP) is 2.96. The predicted molar refractivity (Wildman–Crippen MR) is 69.5 cm³/mol. The van der Waals surface area contributed by atoms with Gasteiger partial charge in [0.25, 0.3) is 0 Å². The number of hydrogen-bond donors (Lipinski definition) is 0. The van der Waals surface area contributed by atoms with Crippen LogP contribution >= 0.6 is 11.6 Å². The highest BCUT2D eigenvalue weighted by Gasteiger charge is 2.13. The minimum Gasteiger partial charge on any atom is -0.457 e. The Morgan fingerprint density at radius 1 is 1.32 bits per heavy atom. The van der Waals surface area contributed by atoms with Gasteiger partial charge < -0.3 is 4.74 Å². The zero-order valence-corrected chi connectivity index (χ0v) is 10.6. The van der Waals surface area contributed by atoms with Gasteiger partial charge in [-0.05, 0) is 18.2 Å². The molecular weight excluding hydrogens is 264 g/mol. The fourth-order valence-corrected chi connectivity index (χ4v) is 1.71. The number of nitriles is 1. The number of pyridine rings is 1. The molecule has 1 heterocycles. The number of carbonyl (C=O) groups is 1. The molecule has 0 radical (unpaired) electrons. The highest BCUT2D eigenvalue weighted by atomic mass is 35.5. The Morgan fingerprint density at radius 3 is 2.84 bits per heavy atom. The second-order valence-electron chi connectivity index (χ2n) is 3.69. The first-order valence-electron chi connectivity index (χ1n) is 5.48. The molecule has 0 unspecified atom stereocenters. The third-order valence-electron chi connectivity index (χ3n) is 2.48. The first-order chi connectivity index (χ1) is 9.22. The van der Waals surface area contributed by atoms with Gasteiger partial charge in [-0.25, -0.2) is 9.78 Å². The van der Waals surface area contributed by atoms with Crippen LogP contribution in [0.25, 0.3) is 0 Å². The maximum Gasteiger partial charge on any atom is 0.341 e.